The van der Waals surface area contributed by atoms with Crippen LogP contribution in [0.25, 0.3) is 16.8 Å². The summed E-state index contributed by atoms with van der Waals surface area (Å²) in [4.78, 5) is 19.3. The lowest BCUT2D eigenvalue weighted by Crippen LogP contribution is -2.48. The van der Waals surface area contributed by atoms with Gasteiger partial charge in [0, 0.05) is 48.2 Å². The molecule has 5 heterocycles. The first kappa shape index (κ1) is 23.8. The topological polar surface area (TPSA) is 102 Å². The highest BCUT2D eigenvalue weighted by molar-refractivity contribution is 5.95. The molecule has 4 aromatic heterocycles. The average molecular weight is 489 g/mol. The molecule has 4 aromatic rings. The number of carbonyl (C=O) groups is 1. The summed E-state index contributed by atoms with van der Waals surface area (Å²) in [6, 6.07) is 10.0. The summed E-state index contributed by atoms with van der Waals surface area (Å²) in [5.41, 5.74) is 4.13. The zero-order valence-corrected chi connectivity index (χ0v) is 21.3. The van der Waals surface area contributed by atoms with Crippen LogP contribution >= 0.6 is 0 Å². The Kier molecular flexibility index (Phi) is 6.36. The molecule has 1 atom stereocenters. The molecule has 0 aliphatic carbocycles. The third kappa shape index (κ3) is 4.90. The smallest absolute Gasteiger partial charge is 0.251 e. The number of fused-ring (bicyclic) bond motifs is 1. The zero-order valence-electron chi connectivity index (χ0n) is 21.3. The number of likely N-dealkylation sites (tertiary alicyclic amines) is 1. The summed E-state index contributed by atoms with van der Waals surface area (Å²) in [6.07, 6.45) is 4.85. The maximum absolute atomic E-state index is 12.5. The fourth-order valence-electron chi connectivity index (χ4n) is 4.36. The number of ether oxygens (including phenoxy) is 1. The number of carbonyl (C=O) groups excluding carboxylic acids is 1. The van der Waals surface area contributed by atoms with E-state index in [0.29, 0.717) is 29.8 Å². The van der Waals surface area contributed by atoms with Gasteiger partial charge in [0.2, 0.25) is 0 Å². The van der Waals surface area contributed by atoms with Gasteiger partial charge in [0.1, 0.15) is 18.1 Å². The van der Waals surface area contributed by atoms with Crippen LogP contribution in [0, 0.1) is 6.92 Å². The predicted molar refractivity (Wildman–Crippen MR) is 139 cm³/mol. The lowest BCUT2D eigenvalue weighted by atomic mass is 10.1. The molecule has 1 fully saturated rings. The molecule has 10 nitrogen and oxygen atoms in total. The second kappa shape index (κ2) is 9.62. The van der Waals surface area contributed by atoms with Crippen LogP contribution in [0.1, 0.15) is 36.3 Å². The van der Waals surface area contributed by atoms with E-state index in [1.807, 2.05) is 50.8 Å². The van der Waals surface area contributed by atoms with Gasteiger partial charge in [-0.1, -0.05) is 0 Å². The fourth-order valence-corrected chi connectivity index (χ4v) is 4.36. The number of likely N-dealkylation sites (N-methyl/N-ethyl adjacent to an activating group) is 1. The van der Waals surface area contributed by atoms with Crippen LogP contribution < -0.4 is 15.4 Å². The molecule has 0 bridgehead atoms. The molecular formula is C26H32N8O2. The van der Waals surface area contributed by atoms with E-state index in [1.165, 1.54) is 0 Å². The van der Waals surface area contributed by atoms with Crippen molar-refractivity contribution < 1.29 is 9.53 Å². The number of aryl methyl sites for hydroxylation is 2. The van der Waals surface area contributed by atoms with Gasteiger partial charge in [0.05, 0.1) is 11.7 Å². The molecule has 2 N–H and O–H groups in total. The minimum absolute atomic E-state index is 0.0555. The largest absolute Gasteiger partial charge is 0.488 e. The predicted octanol–water partition coefficient (Wildman–Crippen LogP) is 3.40. The Labute approximate surface area is 210 Å². The summed E-state index contributed by atoms with van der Waals surface area (Å²) in [5.74, 6) is 1.85. The van der Waals surface area contributed by atoms with Gasteiger partial charge in [-0.15, -0.1) is 0 Å². The maximum atomic E-state index is 12.5. The number of pyridine rings is 2. The van der Waals surface area contributed by atoms with Gasteiger partial charge < -0.3 is 15.4 Å². The van der Waals surface area contributed by atoms with Crippen molar-refractivity contribution in [3.05, 3.63) is 54.0 Å². The monoisotopic (exact) mass is 488 g/mol. The molecule has 1 saturated heterocycles. The van der Waals surface area contributed by atoms with Crippen molar-refractivity contribution in [3.8, 4) is 17.0 Å². The Morgan fingerprint density at radius 3 is 2.75 bits per heavy atom. The highest BCUT2D eigenvalue weighted by Crippen LogP contribution is 2.31. The van der Waals surface area contributed by atoms with E-state index in [1.54, 1.807) is 22.8 Å². The third-order valence-corrected chi connectivity index (χ3v) is 6.40. The van der Waals surface area contributed by atoms with Crippen molar-refractivity contribution in [2.24, 2.45) is 7.05 Å². The van der Waals surface area contributed by atoms with Gasteiger partial charge in [-0.2, -0.15) is 10.2 Å². The molecule has 0 saturated carbocycles. The summed E-state index contributed by atoms with van der Waals surface area (Å²) >= 11 is 0. The second-order valence-corrected chi connectivity index (χ2v) is 9.67. The number of amides is 1. The van der Waals surface area contributed by atoms with Crippen LogP contribution in [-0.2, 0) is 7.05 Å². The minimum atomic E-state index is -0.128. The first-order chi connectivity index (χ1) is 17.3. The van der Waals surface area contributed by atoms with Crippen LogP contribution in [0.2, 0.25) is 0 Å². The molecule has 0 unspecified atom stereocenters. The van der Waals surface area contributed by atoms with E-state index in [9.17, 15) is 4.79 Å². The van der Waals surface area contributed by atoms with Crippen molar-refractivity contribution >= 4 is 23.1 Å². The van der Waals surface area contributed by atoms with Gasteiger partial charge in [-0.3, -0.25) is 14.4 Å². The number of nitrogens with zero attached hydrogens (tertiary/aromatic N) is 6. The van der Waals surface area contributed by atoms with E-state index < -0.39 is 0 Å². The van der Waals surface area contributed by atoms with Crippen molar-refractivity contribution in [1.82, 2.24) is 34.6 Å². The molecule has 1 amide bonds. The SMILES string of the molecule is Cc1cc(C(=O)NC(C)C)cc(Nc2cc3cc(-c4c(OC[C@H]5CCN5C)cnn4C)ccn3n2)n1. The van der Waals surface area contributed by atoms with Gasteiger partial charge in [0.15, 0.2) is 11.6 Å². The second-order valence-electron chi connectivity index (χ2n) is 9.67. The van der Waals surface area contributed by atoms with Crippen LogP contribution in [0.5, 0.6) is 5.75 Å². The first-order valence-electron chi connectivity index (χ1n) is 12.2. The lowest BCUT2D eigenvalue weighted by Gasteiger charge is -2.37. The molecule has 188 valence electrons. The normalized spacial score (nSPS) is 15.8. The Hall–Kier alpha value is -3.92. The molecule has 5 rings (SSSR count). The third-order valence-electron chi connectivity index (χ3n) is 6.40. The quantitative estimate of drug-likeness (QED) is 0.392. The molecule has 1 aliphatic heterocycles. The van der Waals surface area contributed by atoms with Gasteiger partial charge in [0.25, 0.3) is 5.91 Å². The minimum Gasteiger partial charge on any atom is -0.488 e. The summed E-state index contributed by atoms with van der Waals surface area (Å²) in [7, 11) is 4.04. The molecule has 0 radical (unpaired) electrons. The van der Waals surface area contributed by atoms with Crippen LogP contribution in [-0.4, -0.2) is 67.5 Å². The maximum Gasteiger partial charge on any atom is 0.251 e. The average Bonchev–Trinajstić information content (AvgIpc) is 3.39. The van der Waals surface area contributed by atoms with Crippen molar-refractivity contribution in [3.63, 3.8) is 0 Å². The van der Waals surface area contributed by atoms with Gasteiger partial charge in [-0.25, -0.2) is 9.50 Å². The molecule has 0 aromatic carbocycles. The van der Waals surface area contributed by atoms with Gasteiger partial charge >= 0.3 is 0 Å². The zero-order chi connectivity index (χ0) is 25.4. The Bertz CT molecular complexity index is 1410. The van der Waals surface area contributed by atoms with E-state index in [0.717, 1.165) is 41.2 Å². The van der Waals surface area contributed by atoms with E-state index >= 15 is 0 Å². The molecule has 10 heteroatoms. The lowest BCUT2D eigenvalue weighted by molar-refractivity contribution is 0.0771. The number of aromatic nitrogens is 5. The number of nitrogens with one attached hydrogen (secondary N) is 2. The summed E-state index contributed by atoms with van der Waals surface area (Å²) in [5, 5.41) is 15.2. The first-order valence-corrected chi connectivity index (χ1v) is 12.2. The Morgan fingerprint density at radius 2 is 2.03 bits per heavy atom. The number of hydrogen-bond donors (Lipinski definition) is 2. The number of hydrogen-bond acceptors (Lipinski definition) is 7. The Balaban J connectivity index is 1.37. The van der Waals surface area contributed by atoms with E-state index in [2.05, 4.69) is 43.8 Å². The van der Waals surface area contributed by atoms with E-state index in [-0.39, 0.29) is 11.9 Å². The Morgan fingerprint density at radius 1 is 1.19 bits per heavy atom. The number of rotatable bonds is 8. The number of anilines is 2. The molecule has 1 aliphatic rings. The highest BCUT2D eigenvalue weighted by atomic mass is 16.5. The van der Waals surface area contributed by atoms with Crippen LogP contribution in [0.3, 0.4) is 0 Å². The molecule has 36 heavy (non-hydrogen) atoms. The van der Waals surface area contributed by atoms with Crippen molar-refractivity contribution in [2.75, 3.05) is 25.5 Å². The van der Waals surface area contributed by atoms with Crippen LogP contribution in [0.15, 0.2) is 42.7 Å². The van der Waals surface area contributed by atoms with Gasteiger partial charge in [-0.05, 0) is 65.0 Å². The summed E-state index contributed by atoms with van der Waals surface area (Å²) < 4.78 is 9.78. The van der Waals surface area contributed by atoms with Crippen molar-refractivity contribution in [1.29, 1.82) is 0 Å². The van der Waals surface area contributed by atoms with Crippen molar-refractivity contribution in [2.45, 2.75) is 39.3 Å². The molecular weight excluding hydrogens is 456 g/mol. The molecule has 0 spiro atoms. The standard InChI is InChI=1S/C26H32N8O2/c1-16(2)28-26(35)19-10-17(3)29-23(12-19)30-24-13-21-11-18(6-9-34(21)31-24)25-22(14-27-33(25)5)36-15-20-7-8-32(20)4/h6,9-14,16,20H,7-8,15H2,1-5H3,(H,28,35)(H,29,30,31)/t20-/m1/s1. The fraction of sp³-hybridized carbons (Fsp3) is 0.385. The highest BCUT2D eigenvalue weighted by Gasteiger charge is 2.25. The van der Waals surface area contributed by atoms with E-state index in [4.69, 9.17) is 4.74 Å². The summed E-state index contributed by atoms with van der Waals surface area (Å²) in [6.45, 7) is 7.50. The van der Waals surface area contributed by atoms with Crippen LogP contribution in [0.4, 0.5) is 11.6 Å².